The van der Waals surface area contributed by atoms with E-state index >= 15 is 0 Å². The molecule has 2 heterocycles. The predicted octanol–water partition coefficient (Wildman–Crippen LogP) is 1.78. The Hall–Kier alpha value is -1.72. The van der Waals surface area contributed by atoms with Gasteiger partial charge in [-0.3, -0.25) is 4.90 Å². The van der Waals surface area contributed by atoms with E-state index in [0.717, 1.165) is 37.4 Å². The van der Waals surface area contributed by atoms with E-state index in [-0.39, 0.29) is 6.04 Å². The monoisotopic (exact) mass is 286 g/mol. The predicted molar refractivity (Wildman–Crippen MR) is 80.7 cm³/mol. The molecule has 0 radical (unpaired) electrons. The van der Waals surface area contributed by atoms with Gasteiger partial charge in [0.15, 0.2) is 0 Å². The fraction of sp³-hybridized carbons (Fsp3) is 0.500. The summed E-state index contributed by atoms with van der Waals surface area (Å²) in [5.74, 6) is 0.974. The van der Waals surface area contributed by atoms with E-state index in [1.165, 1.54) is 5.56 Å². The number of aliphatic hydroxyl groups excluding tert-OH is 1. The lowest BCUT2D eigenvalue weighted by Gasteiger charge is -2.35. The second-order valence-electron chi connectivity index (χ2n) is 5.69. The molecule has 1 aliphatic heterocycles. The van der Waals surface area contributed by atoms with Crippen molar-refractivity contribution >= 4 is 0 Å². The lowest BCUT2D eigenvalue weighted by molar-refractivity contribution is 0.0416. The number of aryl methyl sites for hydroxylation is 1. The van der Waals surface area contributed by atoms with Crippen LogP contribution in [0.1, 0.15) is 36.9 Å². The van der Waals surface area contributed by atoms with Crippen molar-refractivity contribution in [2.75, 3.05) is 6.54 Å². The Balaban J connectivity index is 1.71. The maximum absolute atomic E-state index is 10.6. The summed E-state index contributed by atoms with van der Waals surface area (Å²) >= 11 is 0. The zero-order valence-electron chi connectivity index (χ0n) is 12.6. The molecule has 1 aliphatic rings. The minimum atomic E-state index is -0.481. The Morgan fingerprint density at radius 1 is 1.24 bits per heavy atom. The standard InChI is InChI=1S/C16H22N4O/c1-3-13-4-6-14(7-5-13)16(21)12(2)19-8-9-20-11-17-18-15(20)10-19/h4-7,11-12,16,21H,3,8-10H2,1-2H3. The van der Waals surface area contributed by atoms with E-state index < -0.39 is 6.10 Å². The SMILES string of the molecule is CCc1ccc(C(O)C(C)N2CCn3cnnc3C2)cc1. The quantitative estimate of drug-likeness (QED) is 0.931. The lowest BCUT2D eigenvalue weighted by Crippen LogP contribution is -2.42. The number of nitrogens with zero attached hydrogens (tertiary/aromatic N) is 4. The third-order valence-corrected chi connectivity index (χ3v) is 4.43. The average molecular weight is 286 g/mol. The molecule has 1 aromatic heterocycles. The molecular formula is C16H22N4O. The van der Waals surface area contributed by atoms with E-state index in [1.54, 1.807) is 6.33 Å². The topological polar surface area (TPSA) is 54.2 Å². The number of benzene rings is 1. The third kappa shape index (κ3) is 2.84. The number of fused-ring (bicyclic) bond motifs is 1. The Bertz CT molecular complexity index is 593. The van der Waals surface area contributed by atoms with Crippen LogP contribution in [0, 0.1) is 0 Å². The van der Waals surface area contributed by atoms with Crippen LogP contribution < -0.4 is 0 Å². The van der Waals surface area contributed by atoms with Crippen molar-refractivity contribution in [3.8, 4) is 0 Å². The van der Waals surface area contributed by atoms with E-state index in [0.29, 0.717) is 0 Å². The molecule has 0 bridgehead atoms. The molecule has 0 amide bonds. The summed E-state index contributed by atoms with van der Waals surface area (Å²) in [5.41, 5.74) is 2.27. The van der Waals surface area contributed by atoms with Crippen LogP contribution in [0.2, 0.25) is 0 Å². The number of aliphatic hydroxyl groups is 1. The van der Waals surface area contributed by atoms with Crippen molar-refractivity contribution in [3.05, 3.63) is 47.5 Å². The van der Waals surface area contributed by atoms with Crippen LogP contribution in [0.25, 0.3) is 0 Å². The molecule has 0 aliphatic carbocycles. The number of rotatable bonds is 4. The molecule has 2 unspecified atom stereocenters. The van der Waals surface area contributed by atoms with E-state index in [1.807, 2.05) is 12.1 Å². The zero-order chi connectivity index (χ0) is 14.8. The molecule has 0 fully saturated rings. The number of aromatic nitrogens is 3. The van der Waals surface area contributed by atoms with Crippen LogP contribution in [0.5, 0.6) is 0 Å². The van der Waals surface area contributed by atoms with Crippen molar-refractivity contribution in [3.63, 3.8) is 0 Å². The van der Waals surface area contributed by atoms with E-state index in [4.69, 9.17) is 0 Å². The molecule has 112 valence electrons. The Kier molecular flexibility index (Phi) is 4.03. The second kappa shape index (κ2) is 5.95. The average Bonchev–Trinajstić information content (AvgIpc) is 3.01. The summed E-state index contributed by atoms with van der Waals surface area (Å²) < 4.78 is 2.08. The first-order valence-electron chi connectivity index (χ1n) is 7.56. The van der Waals surface area contributed by atoms with Crippen molar-refractivity contribution in [2.24, 2.45) is 0 Å². The molecule has 0 spiro atoms. The first kappa shape index (κ1) is 14.2. The minimum absolute atomic E-state index is 0.0583. The molecular weight excluding hydrogens is 264 g/mol. The zero-order valence-corrected chi connectivity index (χ0v) is 12.6. The van der Waals surface area contributed by atoms with Gasteiger partial charge in [-0.2, -0.15) is 0 Å². The van der Waals surface area contributed by atoms with Crippen molar-refractivity contribution in [2.45, 2.75) is 45.5 Å². The molecule has 0 saturated heterocycles. The largest absolute Gasteiger partial charge is 0.387 e. The van der Waals surface area contributed by atoms with Crippen LogP contribution in [0.3, 0.4) is 0 Å². The highest BCUT2D eigenvalue weighted by Crippen LogP contribution is 2.24. The van der Waals surface area contributed by atoms with Gasteiger partial charge in [0.25, 0.3) is 0 Å². The Morgan fingerprint density at radius 3 is 2.71 bits per heavy atom. The molecule has 5 heteroatoms. The van der Waals surface area contributed by atoms with E-state index in [2.05, 4.69) is 45.6 Å². The fourth-order valence-corrected chi connectivity index (χ4v) is 2.86. The van der Waals surface area contributed by atoms with Gasteiger partial charge in [0.05, 0.1) is 12.6 Å². The van der Waals surface area contributed by atoms with Gasteiger partial charge in [0, 0.05) is 19.1 Å². The summed E-state index contributed by atoms with van der Waals surface area (Å²) in [5, 5.41) is 18.7. The van der Waals surface area contributed by atoms with Gasteiger partial charge in [-0.1, -0.05) is 31.2 Å². The first-order valence-corrected chi connectivity index (χ1v) is 7.56. The number of hydrogen-bond acceptors (Lipinski definition) is 4. The van der Waals surface area contributed by atoms with E-state index in [9.17, 15) is 5.11 Å². The normalized spacial score (nSPS) is 18.2. The van der Waals surface area contributed by atoms with Crippen LogP contribution in [0.15, 0.2) is 30.6 Å². The van der Waals surface area contributed by atoms with Gasteiger partial charge in [0.2, 0.25) is 0 Å². The highest BCUT2D eigenvalue weighted by Gasteiger charge is 2.27. The van der Waals surface area contributed by atoms with Gasteiger partial charge in [-0.25, -0.2) is 0 Å². The van der Waals surface area contributed by atoms with Crippen LogP contribution >= 0.6 is 0 Å². The molecule has 2 atom stereocenters. The smallest absolute Gasteiger partial charge is 0.147 e. The fourth-order valence-electron chi connectivity index (χ4n) is 2.86. The highest BCUT2D eigenvalue weighted by atomic mass is 16.3. The Labute approximate surface area is 125 Å². The molecule has 1 N–H and O–H groups in total. The Morgan fingerprint density at radius 2 is 2.00 bits per heavy atom. The van der Waals surface area contributed by atoms with Gasteiger partial charge >= 0.3 is 0 Å². The molecule has 3 rings (SSSR count). The van der Waals surface area contributed by atoms with Crippen molar-refractivity contribution in [1.29, 1.82) is 0 Å². The van der Waals surface area contributed by atoms with Crippen molar-refractivity contribution in [1.82, 2.24) is 19.7 Å². The summed E-state index contributed by atoms with van der Waals surface area (Å²) in [4.78, 5) is 2.27. The molecule has 5 nitrogen and oxygen atoms in total. The first-order chi connectivity index (χ1) is 10.2. The summed E-state index contributed by atoms with van der Waals surface area (Å²) in [6.45, 7) is 6.75. The summed E-state index contributed by atoms with van der Waals surface area (Å²) in [6, 6.07) is 8.32. The van der Waals surface area contributed by atoms with Crippen LogP contribution in [-0.4, -0.2) is 37.4 Å². The van der Waals surface area contributed by atoms with Gasteiger partial charge in [-0.15, -0.1) is 10.2 Å². The van der Waals surface area contributed by atoms with Crippen LogP contribution in [-0.2, 0) is 19.5 Å². The maximum Gasteiger partial charge on any atom is 0.147 e. The lowest BCUT2D eigenvalue weighted by atomic mass is 10.00. The van der Waals surface area contributed by atoms with Gasteiger partial charge < -0.3 is 9.67 Å². The minimum Gasteiger partial charge on any atom is -0.387 e. The maximum atomic E-state index is 10.6. The third-order valence-electron chi connectivity index (χ3n) is 4.43. The molecule has 2 aromatic rings. The number of hydrogen-bond donors (Lipinski definition) is 1. The van der Waals surface area contributed by atoms with Gasteiger partial charge in [-0.05, 0) is 24.5 Å². The van der Waals surface area contributed by atoms with Crippen LogP contribution in [0.4, 0.5) is 0 Å². The second-order valence-corrected chi connectivity index (χ2v) is 5.69. The molecule has 0 saturated carbocycles. The molecule has 21 heavy (non-hydrogen) atoms. The summed E-state index contributed by atoms with van der Waals surface area (Å²) in [7, 11) is 0. The molecule has 1 aromatic carbocycles. The highest BCUT2D eigenvalue weighted by molar-refractivity contribution is 5.25. The van der Waals surface area contributed by atoms with Crippen molar-refractivity contribution < 1.29 is 5.11 Å². The summed E-state index contributed by atoms with van der Waals surface area (Å²) in [6.07, 6.45) is 2.32. The van der Waals surface area contributed by atoms with Gasteiger partial charge in [0.1, 0.15) is 12.2 Å².